The van der Waals surface area contributed by atoms with E-state index in [2.05, 4.69) is 20.3 Å². The molecule has 0 aliphatic carbocycles. The second-order valence-electron chi connectivity index (χ2n) is 7.36. The van der Waals surface area contributed by atoms with E-state index in [9.17, 15) is 13.2 Å². The van der Waals surface area contributed by atoms with Crippen molar-refractivity contribution in [3.05, 3.63) is 68.6 Å². The Morgan fingerprint density at radius 2 is 1.67 bits per heavy atom. The van der Waals surface area contributed by atoms with Gasteiger partial charge in [0, 0.05) is 22.2 Å². The third-order valence-corrected chi connectivity index (χ3v) is 6.15. The Morgan fingerprint density at radius 3 is 2.27 bits per heavy atom. The second kappa shape index (κ2) is 9.32. The molecule has 0 aliphatic rings. The number of alkyl halides is 3. The van der Waals surface area contributed by atoms with Crippen molar-refractivity contribution in [2.24, 2.45) is 0 Å². The molecule has 4 rings (SSSR count). The van der Waals surface area contributed by atoms with Crippen molar-refractivity contribution in [3.63, 3.8) is 0 Å². The molecular formula is C22H17Cl2F3N4OS. The van der Waals surface area contributed by atoms with Gasteiger partial charge in [0.2, 0.25) is 0 Å². The van der Waals surface area contributed by atoms with E-state index in [-0.39, 0.29) is 12.1 Å². The summed E-state index contributed by atoms with van der Waals surface area (Å²) >= 11 is 13.9. The van der Waals surface area contributed by atoms with Gasteiger partial charge in [-0.25, -0.2) is 4.98 Å². The number of nitrogens with one attached hydrogen (secondary N) is 1. The van der Waals surface area contributed by atoms with Gasteiger partial charge in [-0.05, 0) is 55.8 Å². The first-order valence-corrected chi connectivity index (χ1v) is 11.4. The number of aromatic nitrogens is 3. The fraction of sp³-hybridized carbons (Fsp3) is 0.227. The topological polar surface area (TPSA) is 59.9 Å². The number of anilines is 2. The molecule has 2 aromatic carbocycles. The molecule has 0 spiro atoms. The molecule has 0 unspecified atom stereocenters. The molecule has 0 saturated heterocycles. The molecule has 33 heavy (non-hydrogen) atoms. The van der Waals surface area contributed by atoms with Crippen LogP contribution in [-0.2, 0) is 12.6 Å². The minimum Gasteiger partial charge on any atom is -0.461 e. The molecule has 0 aliphatic heterocycles. The fourth-order valence-electron chi connectivity index (χ4n) is 3.00. The van der Waals surface area contributed by atoms with Crippen LogP contribution in [-0.4, -0.2) is 21.1 Å². The van der Waals surface area contributed by atoms with Gasteiger partial charge in [-0.3, -0.25) is 0 Å². The Morgan fingerprint density at radius 1 is 1.00 bits per heavy atom. The van der Waals surface area contributed by atoms with Crippen LogP contribution in [0.2, 0.25) is 10.0 Å². The minimum absolute atomic E-state index is 0.137. The predicted octanol–water partition coefficient (Wildman–Crippen LogP) is 7.53. The molecule has 0 fully saturated rings. The van der Waals surface area contributed by atoms with Crippen molar-refractivity contribution >= 4 is 56.4 Å². The van der Waals surface area contributed by atoms with Gasteiger partial charge in [-0.1, -0.05) is 40.6 Å². The SMILES string of the molecule is CC(C)Oc1nc(Nc2ccc(C(F)(F)F)cc2)c2nc(Cc3c(Cl)cccc3Cl)sc2n1. The van der Waals surface area contributed by atoms with Crippen molar-refractivity contribution in [2.75, 3.05) is 5.32 Å². The van der Waals surface area contributed by atoms with Gasteiger partial charge in [0.1, 0.15) is 10.5 Å². The number of rotatable bonds is 6. The Balaban J connectivity index is 1.72. The van der Waals surface area contributed by atoms with Gasteiger partial charge in [0.05, 0.1) is 11.7 Å². The average Bonchev–Trinajstić information content (AvgIpc) is 3.13. The highest BCUT2D eigenvalue weighted by molar-refractivity contribution is 7.18. The minimum atomic E-state index is -4.41. The molecule has 0 atom stereocenters. The molecule has 0 saturated carbocycles. The van der Waals surface area contributed by atoms with Crippen LogP contribution in [0.4, 0.5) is 24.7 Å². The van der Waals surface area contributed by atoms with Gasteiger partial charge >= 0.3 is 12.2 Å². The fourth-order valence-corrected chi connectivity index (χ4v) is 4.47. The van der Waals surface area contributed by atoms with E-state index in [1.165, 1.54) is 23.5 Å². The lowest BCUT2D eigenvalue weighted by Gasteiger charge is -2.11. The predicted molar refractivity (Wildman–Crippen MR) is 125 cm³/mol. The maximum Gasteiger partial charge on any atom is 0.416 e. The first-order chi connectivity index (χ1) is 15.6. The molecule has 172 valence electrons. The Bertz CT molecular complexity index is 1270. The summed E-state index contributed by atoms with van der Waals surface area (Å²) in [7, 11) is 0. The van der Waals surface area contributed by atoms with E-state index in [1.54, 1.807) is 18.2 Å². The van der Waals surface area contributed by atoms with Crippen LogP contribution >= 0.6 is 34.5 Å². The Labute approximate surface area is 201 Å². The summed E-state index contributed by atoms with van der Waals surface area (Å²) in [5.41, 5.74) is 0.886. The monoisotopic (exact) mass is 512 g/mol. The number of nitrogens with zero attached hydrogens (tertiary/aromatic N) is 3. The average molecular weight is 513 g/mol. The van der Waals surface area contributed by atoms with E-state index >= 15 is 0 Å². The Hall–Kier alpha value is -2.62. The van der Waals surface area contributed by atoms with Crippen LogP contribution in [0.15, 0.2) is 42.5 Å². The largest absolute Gasteiger partial charge is 0.461 e. The van der Waals surface area contributed by atoms with Gasteiger partial charge < -0.3 is 10.1 Å². The van der Waals surface area contributed by atoms with Crippen molar-refractivity contribution in [3.8, 4) is 6.01 Å². The van der Waals surface area contributed by atoms with Crippen LogP contribution in [0.3, 0.4) is 0 Å². The molecule has 0 amide bonds. The third kappa shape index (κ3) is 5.48. The molecule has 0 radical (unpaired) electrons. The lowest BCUT2D eigenvalue weighted by Crippen LogP contribution is -2.09. The summed E-state index contributed by atoms with van der Waals surface area (Å²) in [4.78, 5) is 14.0. The van der Waals surface area contributed by atoms with Crippen molar-refractivity contribution in [1.29, 1.82) is 0 Å². The normalized spacial score (nSPS) is 11.9. The van der Waals surface area contributed by atoms with Crippen LogP contribution < -0.4 is 10.1 Å². The lowest BCUT2D eigenvalue weighted by molar-refractivity contribution is -0.137. The number of halogens is 5. The van der Waals surface area contributed by atoms with Crippen molar-refractivity contribution < 1.29 is 17.9 Å². The maximum atomic E-state index is 12.9. The molecule has 2 heterocycles. The zero-order chi connectivity index (χ0) is 23.8. The van der Waals surface area contributed by atoms with Gasteiger partial charge in [-0.15, -0.1) is 0 Å². The molecule has 11 heteroatoms. The highest BCUT2D eigenvalue weighted by Gasteiger charge is 2.30. The van der Waals surface area contributed by atoms with Crippen LogP contribution in [0, 0.1) is 0 Å². The number of fused-ring (bicyclic) bond motifs is 1. The molecule has 0 bridgehead atoms. The quantitative estimate of drug-likeness (QED) is 0.289. The highest BCUT2D eigenvalue weighted by atomic mass is 35.5. The molecule has 2 aromatic heterocycles. The van der Waals surface area contributed by atoms with E-state index in [0.29, 0.717) is 43.3 Å². The summed E-state index contributed by atoms with van der Waals surface area (Å²) in [6.45, 7) is 3.68. The van der Waals surface area contributed by atoms with Crippen molar-refractivity contribution in [1.82, 2.24) is 15.0 Å². The Kier molecular flexibility index (Phi) is 6.65. The lowest BCUT2D eigenvalue weighted by atomic mass is 10.1. The van der Waals surface area contributed by atoms with E-state index < -0.39 is 11.7 Å². The van der Waals surface area contributed by atoms with Gasteiger partial charge in [0.15, 0.2) is 10.6 Å². The van der Waals surface area contributed by atoms with E-state index in [1.807, 2.05) is 13.8 Å². The second-order valence-corrected chi connectivity index (χ2v) is 9.24. The number of thiazole rings is 1. The molecule has 1 N–H and O–H groups in total. The highest BCUT2D eigenvalue weighted by Crippen LogP contribution is 2.34. The maximum absolute atomic E-state index is 12.9. The van der Waals surface area contributed by atoms with Gasteiger partial charge in [0.25, 0.3) is 0 Å². The zero-order valence-electron chi connectivity index (χ0n) is 17.4. The number of hydrogen-bond donors (Lipinski definition) is 1. The number of ether oxygens (including phenoxy) is 1. The molecular weight excluding hydrogens is 496 g/mol. The van der Waals surface area contributed by atoms with Crippen LogP contribution in [0.1, 0.15) is 30.0 Å². The molecule has 5 nitrogen and oxygen atoms in total. The standard InChI is InChI=1S/C22H17Cl2F3N4OS/c1-11(2)32-21-30-19(28-13-8-6-12(7-9-13)22(25,26)27)18-20(31-21)33-17(29-18)10-14-15(23)4-3-5-16(14)24/h3-9,11H,10H2,1-2H3,(H,28,30,31). The summed E-state index contributed by atoms with van der Waals surface area (Å²) in [6.07, 6.45) is -4.20. The van der Waals surface area contributed by atoms with Gasteiger partial charge in [-0.2, -0.15) is 23.1 Å². The first-order valence-electron chi connectivity index (χ1n) is 9.81. The first kappa shape index (κ1) is 23.5. The van der Waals surface area contributed by atoms with Crippen LogP contribution in [0.25, 0.3) is 10.3 Å². The zero-order valence-corrected chi connectivity index (χ0v) is 19.7. The summed E-state index contributed by atoms with van der Waals surface area (Å²) in [5.74, 6) is 0.322. The number of hydrogen-bond acceptors (Lipinski definition) is 6. The van der Waals surface area contributed by atoms with E-state index in [0.717, 1.165) is 17.7 Å². The summed E-state index contributed by atoms with van der Waals surface area (Å²) in [6, 6.07) is 10.1. The molecule has 4 aromatic rings. The number of benzene rings is 2. The summed E-state index contributed by atoms with van der Waals surface area (Å²) in [5, 5.41) is 4.79. The van der Waals surface area contributed by atoms with E-state index in [4.69, 9.17) is 27.9 Å². The third-order valence-electron chi connectivity index (χ3n) is 4.49. The summed E-state index contributed by atoms with van der Waals surface area (Å²) < 4.78 is 44.3. The smallest absolute Gasteiger partial charge is 0.416 e. The van der Waals surface area contributed by atoms with Crippen LogP contribution in [0.5, 0.6) is 6.01 Å². The van der Waals surface area contributed by atoms with Crippen molar-refractivity contribution in [2.45, 2.75) is 32.5 Å².